The predicted molar refractivity (Wildman–Crippen MR) is 101 cm³/mol. The van der Waals surface area contributed by atoms with E-state index in [4.69, 9.17) is 14.6 Å². The molecule has 1 aliphatic heterocycles. The summed E-state index contributed by atoms with van der Waals surface area (Å²) in [5, 5.41) is 9.13. The van der Waals surface area contributed by atoms with Crippen molar-refractivity contribution in [3.05, 3.63) is 29.8 Å². The average Bonchev–Trinajstić information content (AvgIpc) is 3.10. The molecule has 1 aromatic rings. The first kappa shape index (κ1) is 19.2. The Bertz CT molecular complexity index is 580. The Labute approximate surface area is 156 Å². The zero-order valence-corrected chi connectivity index (χ0v) is 15.9. The minimum Gasteiger partial charge on any atom is -0.497 e. The lowest BCUT2D eigenvalue weighted by Gasteiger charge is -2.34. The molecule has 2 fully saturated rings. The molecule has 144 valence electrons. The van der Waals surface area contributed by atoms with Crippen LogP contribution < -0.4 is 4.74 Å². The van der Waals surface area contributed by atoms with Crippen LogP contribution in [0.25, 0.3) is 0 Å². The van der Waals surface area contributed by atoms with E-state index < -0.39 is 5.97 Å². The number of ether oxygens (including phenoxy) is 2. The maximum Gasteiger partial charge on any atom is 0.303 e. The highest BCUT2D eigenvalue weighted by Gasteiger charge is 2.38. The summed E-state index contributed by atoms with van der Waals surface area (Å²) in [5.41, 5.74) is 1.30. The molecule has 0 aromatic heterocycles. The fourth-order valence-corrected chi connectivity index (χ4v) is 4.68. The van der Waals surface area contributed by atoms with Gasteiger partial charge in [-0.25, -0.2) is 0 Å². The molecule has 0 spiro atoms. The molecule has 1 N–H and O–H groups in total. The van der Waals surface area contributed by atoms with Gasteiger partial charge in [-0.3, -0.25) is 9.69 Å². The van der Waals surface area contributed by atoms with Gasteiger partial charge in [-0.15, -0.1) is 0 Å². The topological polar surface area (TPSA) is 59.0 Å². The summed E-state index contributed by atoms with van der Waals surface area (Å²) in [4.78, 5) is 13.7. The van der Waals surface area contributed by atoms with Crippen LogP contribution in [0, 0.1) is 5.92 Å². The number of nitrogens with zero attached hydrogens (tertiary/aromatic N) is 1. The number of carboxylic acids is 1. The van der Waals surface area contributed by atoms with Crippen molar-refractivity contribution in [1.82, 2.24) is 4.90 Å². The number of carbonyl (C=O) groups is 1. The Kier molecular flexibility index (Phi) is 6.54. The van der Waals surface area contributed by atoms with Crippen molar-refractivity contribution in [2.75, 3.05) is 27.3 Å². The molecule has 26 heavy (non-hydrogen) atoms. The lowest BCUT2D eigenvalue weighted by molar-refractivity contribution is -0.137. The Morgan fingerprint density at radius 2 is 1.81 bits per heavy atom. The van der Waals surface area contributed by atoms with E-state index in [1.54, 1.807) is 7.11 Å². The van der Waals surface area contributed by atoms with Crippen LogP contribution in [0.3, 0.4) is 0 Å². The molecule has 1 saturated carbocycles. The maximum absolute atomic E-state index is 11.1. The molecule has 0 radical (unpaired) electrons. The van der Waals surface area contributed by atoms with E-state index in [1.807, 2.05) is 19.2 Å². The second kappa shape index (κ2) is 8.87. The minimum atomic E-state index is -0.697. The van der Waals surface area contributed by atoms with E-state index >= 15 is 0 Å². The number of aliphatic carboxylic acids is 1. The Morgan fingerprint density at radius 3 is 2.38 bits per heavy atom. The van der Waals surface area contributed by atoms with Crippen molar-refractivity contribution in [1.29, 1.82) is 0 Å². The monoisotopic (exact) mass is 361 g/mol. The first-order chi connectivity index (χ1) is 12.6. The van der Waals surface area contributed by atoms with E-state index in [-0.39, 0.29) is 6.42 Å². The molecule has 1 saturated heterocycles. The van der Waals surface area contributed by atoms with Gasteiger partial charge in [-0.2, -0.15) is 0 Å². The van der Waals surface area contributed by atoms with Crippen LogP contribution in [0.1, 0.15) is 50.0 Å². The number of rotatable bonds is 7. The molecule has 0 bridgehead atoms. The number of hydrogen-bond acceptors (Lipinski definition) is 4. The summed E-state index contributed by atoms with van der Waals surface area (Å²) in [5.74, 6) is 0.973. The first-order valence-electron chi connectivity index (χ1n) is 9.73. The van der Waals surface area contributed by atoms with Gasteiger partial charge in [0, 0.05) is 38.6 Å². The minimum absolute atomic E-state index is 0.252. The Morgan fingerprint density at radius 1 is 1.12 bits per heavy atom. The van der Waals surface area contributed by atoms with E-state index in [1.165, 1.54) is 18.4 Å². The van der Waals surface area contributed by atoms with Gasteiger partial charge in [0.15, 0.2) is 0 Å². The number of likely N-dealkylation sites (tertiary alicyclic amines) is 1. The summed E-state index contributed by atoms with van der Waals surface area (Å²) in [7, 11) is 3.49. The molecule has 1 aliphatic carbocycles. The molecule has 0 unspecified atom stereocenters. The van der Waals surface area contributed by atoms with Crippen LogP contribution in [-0.2, 0) is 9.53 Å². The van der Waals surface area contributed by atoms with Gasteiger partial charge in [0.05, 0.1) is 13.2 Å². The lowest BCUT2D eigenvalue weighted by Crippen LogP contribution is -2.38. The lowest BCUT2D eigenvalue weighted by atomic mass is 9.86. The third-order valence-corrected chi connectivity index (χ3v) is 6.24. The number of carboxylic acid groups (broad SMARTS) is 1. The van der Waals surface area contributed by atoms with Crippen molar-refractivity contribution in [3.8, 4) is 5.75 Å². The summed E-state index contributed by atoms with van der Waals surface area (Å²) in [6, 6.07) is 8.91. The normalized spacial score (nSPS) is 29.6. The molecule has 2 aliphatic rings. The van der Waals surface area contributed by atoms with E-state index in [0.29, 0.717) is 24.0 Å². The SMILES string of the molecule is COc1ccc([C@@H]2CN([C@H]3CC[C@H](OC)CC3)C[C@H]2CCC(=O)O)cc1. The molecule has 0 amide bonds. The van der Waals surface area contributed by atoms with Crippen molar-refractivity contribution < 1.29 is 19.4 Å². The van der Waals surface area contributed by atoms with E-state index in [9.17, 15) is 4.79 Å². The zero-order chi connectivity index (χ0) is 18.5. The third-order valence-electron chi connectivity index (χ3n) is 6.24. The quantitative estimate of drug-likeness (QED) is 0.805. The van der Waals surface area contributed by atoms with Crippen LogP contribution in [0.5, 0.6) is 5.75 Å². The molecule has 5 heteroatoms. The standard InChI is InChI=1S/C21H31NO4/c1-25-18-8-3-15(4-9-18)20-14-22(13-16(20)5-12-21(23)24)17-6-10-19(26-2)11-7-17/h3-4,8-9,16-17,19-20H,5-7,10-14H2,1-2H3,(H,23,24)/t16-,17-,19-,20+/m1/s1. The average molecular weight is 361 g/mol. The van der Waals surface area contributed by atoms with Gasteiger partial charge in [-0.1, -0.05) is 12.1 Å². The summed E-state index contributed by atoms with van der Waals surface area (Å²) in [6.07, 6.45) is 6.03. The Balaban J connectivity index is 1.69. The third kappa shape index (κ3) is 4.57. The van der Waals surface area contributed by atoms with Gasteiger partial charge in [-0.05, 0) is 55.7 Å². The smallest absolute Gasteiger partial charge is 0.303 e. The number of methoxy groups -OCH3 is 2. The molecule has 3 rings (SSSR count). The van der Waals surface area contributed by atoms with Crippen LogP contribution in [-0.4, -0.2) is 55.4 Å². The van der Waals surface area contributed by atoms with Crippen molar-refractivity contribution in [2.24, 2.45) is 5.92 Å². The van der Waals surface area contributed by atoms with Gasteiger partial charge < -0.3 is 14.6 Å². The molecule has 5 nitrogen and oxygen atoms in total. The van der Waals surface area contributed by atoms with Crippen molar-refractivity contribution in [2.45, 2.75) is 56.6 Å². The predicted octanol–water partition coefficient (Wildman–Crippen LogP) is 3.53. The molecule has 1 aromatic carbocycles. The molecule has 1 heterocycles. The van der Waals surface area contributed by atoms with Gasteiger partial charge >= 0.3 is 5.97 Å². The fourth-order valence-electron chi connectivity index (χ4n) is 4.68. The van der Waals surface area contributed by atoms with Crippen LogP contribution in [0.2, 0.25) is 0 Å². The highest BCUT2D eigenvalue weighted by molar-refractivity contribution is 5.66. The maximum atomic E-state index is 11.1. The first-order valence-corrected chi connectivity index (χ1v) is 9.73. The second-order valence-electron chi connectivity index (χ2n) is 7.69. The second-order valence-corrected chi connectivity index (χ2v) is 7.69. The number of benzene rings is 1. The van der Waals surface area contributed by atoms with Crippen LogP contribution in [0.4, 0.5) is 0 Å². The van der Waals surface area contributed by atoms with Gasteiger partial charge in [0.25, 0.3) is 0 Å². The molecular formula is C21H31NO4. The summed E-state index contributed by atoms with van der Waals surface area (Å²) in [6.45, 7) is 2.03. The van der Waals surface area contributed by atoms with E-state index in [0.717, 1.165) is 38.1 Å². The summed E-state index contributed by atoms with van der Waals surface area (Å²) >= 11 is 0. The summed E-state index contributed by atoms with van der Waals surface area (Å²) < 4.78 is 10.8. The van der Waals surface area contributed by atoms with Gasteiger partial charge in [0.2, 0.25) is 0 Å². The van der Waals surface area contributed by atoms with Crippen molar-refractivity contribution in [3.63, 3.8) is 0 Å². The van der Waals surface area contributed by atoms with Gasteiger partial charge in [0.1, 0.15) is 5.75 Å². The number of hydrogen-bond donors (Lipinski definition) is 1. The largest absolute Gasteiger partial charge is 0.497 e. The van der Waals surface area contributed by atoms with Crippen LogP contribution in [0.15, 0.2) is 24.3 Å². The highest BCUT2D eigenvalue weighted by atomic mass is 16.5. The highest BCUT2D eigenvalue weighted by Crippen LogP contribution is 2.39. The molecule has 2 atom stereocenters. The van der Waals surface area contributed by atoms with Crippen molar-refractivity contribution >= 4 is 5.97 Å². The molecular weight excluding hydrogens is 330 g/mol. The zero-order valence-electron chi connectivity index (χ0n) is 15.9. The van der Waals surface area contributed by atoms with E-state index in [2.05, 4.69) is 17.0 Å². The van der Waals surface area contributed by atoms with Crippen LogP contribution >= 0.6 is 0 Å². The fraction of sp³-hybridized carbons (Fsp3) is 0.667. The Hall–Kier alpha value is -1.59.